The van der Waals surface area contributed by atoms with Crippen LogP contribution in [0.1, 0.15) is 23.1 Å². The zero-order valence-electron chi connectivity index (χ0n) is 15.7. The fraction of sp³-hybridized carbons (Fsp3) is 0.250. The van der Waals surface area contributed by atoms with E-state index in [1.54, 1.807) is 31.5 Å². The Labute approximate surface area is 164 Å². The zero-order chi connectivity index (χ0) is 20.3. The van der Waals surface area contributed by atoms with Gasteiger partial charge in [0.1, 0.15) is 5.82 Å². The van der Waals surface area contributed by atoms with Crippen LogP contribution in [0.3, 0.4) is 0 Å². The van der Waals surface area contributed by atoms with Crippen molar-refractivity contribution < 1.29 is 18.0 Å². The van der Waals surface area contributed by atoms with Gasteiger partial charge < -0.3 is 10.2 Å². The number of hydrogen-bond donors (Lipinski definition) is 1. The summed E-state index contributed by atoms with van der Waals surface area (Å²) in [4.78, 5) is 29.7. The van der Waals surface area contributed by atoms with Crippen LogP contribution in [0.25, 0.3) is 6.08 Å². The maximum absolute atomic E-state index is 12.3. The van der Waals surface area contributed by atoms with Crippen LogP contribution in [0.4, 0.5) is 5.82 Å². The monoisotopic (exact) mass is 399 g/mol. The first kappa shape index (κ1) is 19.8. The number of fused-ring (bicyclic) bond motifs is 1. The minimum Gasteiger partial charge on any atom is -0.338 e. The molecule has 7 nitrogen and oxygen atoms in total. The van der Waals surface area contributed by atoms with Crippen LogP contribution in [0.15, 0.2) is 47.5 Å². The topological polar surface area (TPSA) is 96.4 Å². The van der Waals surface area contributed by atoms with Crippen molar-refractivity contribution in [2.24, 2.45) is 0 Å². The van der Waals surface area contributed by atoms with Crippen LogP contribution in [0.5, 0.6) is 0 Å². The molecule has 1 N–H and O–H groups in total. The van der Waals surface area contributed by atoms with Crippen LogP contribution in [-0.2, 0) is 32.4 Å². The van der Waals surface area contributed by atoms with Gasteiger partial charge in [-0.15, -0.1) is 0 Å². The molecule has 2 heterocycles. The highest BCUT2D eigenvalue weighted by molar-refractivity contribution is 7.90. The molecule has 3 rings (SSSR count). The van der Waals surface area contributed by atoms with Gasteiger partial charge in [-0.25, -0.2) is 13.4 Å². The average Bonchev–Trinajstić information content (AvgIpc) is 2.65. The normalized spacial score (nSPS) is 13.9. The highest BCUT2D eigenvalue weighted by atomic mass is 32.2. The first-order valence-corrected chi connectivity index (χ1v) is 10.6. The number of nitrogens with one attached hydrogen (secondary N) is 1. The Morgan fingerprint density at radius 1 is 1.25 bits per heavy atom. The molecular formula is C20H21N3O4S. The smallest absolute Gasteiger partial charge is 0.246 e. The molecule has 1 aliphatic rings. The molecule has 0 radical (unpaired) electrons. The molecular weight excluding hydrogens is 378 g/mol. The maximum Gasteiger partial charge on any atom is 0.246 e. The largest absolute Gasteiger partial charge is 0.338 e. The lowest BCUT2D eigenvalue weighted by Crippen LogP contribution is -2.24. The third kappa shape index (κ3) is 4.83. The summed E-state index contributed by atoms with van der Waals surface area (Å²) in [5, 5.41) is 2.72. The molecule has 0 saturated heterocycles. The summed E-state index contributed by atoms with van der Waals surface area (Å²) in [6.07, 6.45) is 6.99. The lowest BCUT2D eigenvalue weighted by molar-refractivity contribution is -0.125. The highest BCUT2D eigenvalue weighted by Gasteiger charge is 2.15. The number of amides is 2. The number of hydrogen-bond acceptors (Lipinski definition) is 5. The molecule has 0 aliphatic carbocycles. The van der Waals surface area contributed by atoms with Gasteiger partial charge in [0, 0.05) is 38.5 Å². The summed E-state index contributed by atoms with van der Waals surface area (Å²) in [6.45, 7) is 0.363. The van der Waals surface area contributed by atoms with Crippen LogP contribution in [0.2, 0.25) is 0 Å². The predicted octanol–water partition coefficient (Wildman–Crippen LogP) is 2.04. The van der Waals surface area contributed by atoms with Crippen LogP contribution < -0.4 is 5.32 Å². The van der Waals surface area contributed by atoms with E-state index in [1.807, 2.05) is 6.07 Å². The number of likely N-dealkylation sites (N-methyl/N-ethyl adjacent to an activating group) is 1. The molecule has 2 amide bonds. The molecule has 1 aliphatic heterocycles. The summed E-state index contributed by atoms with van der Waals surface area (Å²) >= 11 is 0. The van der Waals surface area contributed by atoms with Gasteiger partial charge in [0.05, 0.1) is 4.90 Å². The number of sulfone groups is 1. The number of carbonyl (C=O) groups excluding carboxylic acids is 2. The fourth-order valence-electron chi connectivity index (χ4n) is 2.85. The van der Waals surface area contributed by atoms with Gasteiger partial charge in [-0.1, -0.05) is 12.1 Å². The predicted molar refractivity (Wildman–Crippen MR) is 106 cm³/mol. The van der Waals surface area contributed by atoms with E-state index in [4.69, 9.17) is 0 Å². The standard InChI is InChI=1S/C20H21N3O4S/c1-23(13-14-3-7-17(8-4-14)28(2,26)27)19(25)10-5-15-11-16-6-9-18(24)22-20(16)21-12-15/h3-5,7-8,10-12H,6,9,13H2,1-2H3,(H,21,22,24)/b10-5+. The maximum atomic E-state index is 12.3. The second-order valence-corrected chi connectivity index (χ2v) is 8.78. The van der Waals surface area contributed by atoms with E-state index in [1.165, 1.54) is 23.1 Å². The van der Waals surface area contributed by atoms with Gasteiger partial charge in [-0.05, 0) is 47.4 Å². The number of aromatic nitrogens is 1. The van der Waals surface area contributed by atoms with Crippen molar-refractivity contribution in [3.8, 4) is 0 Å². The minimum absolute atomic E-state index is 0.0373. The minimum atomic E-state index is -3.23. The van der Waals surface area contributed by atoms with Crippen molar-refractivity contribution >= 4 is 33.5 Å². The fourth-order valence-corrected chi connectivity index (χ4v) is 3.48. The first-order valence-electron chi connectivity index (χ1n) is 8.73. The summed E-state index contributed by atoms with van der Waals surface area (Å²) in [7, 11) is -1.56. The lowest BCUT2D eigenvalue weighted by Gasteiger charge is -2.16. The van der Waals surface area contributed by atoms with Crippen molar-refractivity contribution in [3.63, 3.8) is 0 Å². The van der Waals surface area contributed by atoms with Crippen molar-refractivity contribution in [3.05, 3.63) is 59.3 Å². The van der Waals surface area contributed by atoms with Gasteiger partial charge in [0.15, 0.2) is 9.84 Å². The number of rotatable bonds is 5. The molecule has 146 valence electrons. The van der Waals surface area contributed by atoms with Crippen molar-refractivity contribution in [2.75, 3.05) is 18.6 Å². The van der Waals surface area contributed by atoms with Gasteiger partial charge in [0.2, 0.25) is 11.8 Å². The second-order valence-electron chi connectivity index (χ2n) is 6.77. The summed E-state index contributed by atoms with van der Waals surface area (Å²) in [6, 6.07) is 8.39. The first-order chi connectivity index (χ1) is 13.2. The number of anilines is 1. The summed E-state index contributed by atoms with van der Waals surface area (Å²) in [5.41, 5.74) is 2.57. The van der Waals surface area contributed by atoms with E-state index in [9.17, 15) is 18.0 Å². The third-order valence-corrected chi connectivity index (χ3v) is 5.56. The zero-order valence-corrected chi connectivity index (χ0v) is 16.5. The second kappa shape index (κ2) is 7.93. The Balaban J connectivity index is 1.63. The van der Waals surface area contributed by atoms with Crippen LogP contribution in [0, 0.1) is 0 Å². The van der Waals surface area contributed by atoms with E-state index in [0.29, 0.717) is 25.2 Å². The quantitative estimate of drug-likeness (QED) is 0.776. The summed E-state index contributed by atoms with van der Waals surface area (Å²) in [5.74, 6) is 0.359. The SMILES string of the molecule is CN(Cc1ccc(S(C)(=O)=O)cc1)C(=O)/C=C/c1cnc2c(c1)CCC(=O)N2. The molecule has 1 aromatic heterocycles. The van der Waals surface area contributed by atoms with Crippen LogP contribution in [-0.4, -0.2) is 43.4 Å². The van der Waals surface area contributed by atoms with E-state index < -0.39 is 9.84 Å². The molecule has 0 fully saturated rings. The number of carbonyl (C=O) groups is 2. The third-order valence-electron chi connectivity index (χ3n) is 4.43. The Morgan fingerprint density at radius 3 is 2.64 bits per heavy atom. The molecule has 2 aromatic rings. The Hall–Kier alpha value is -3.00. The van der Waals surface area contributed by atoms with E-state index in [-0.39, 0.29) is 16.7 Å². The molecule has 0 atom stereocenters. The molecule has 28 heavy (non-hydrogen) atoms. The van der Waals surface area contributed by atoms with E-state index >= 15 is 0 Å². The molecule has 8 heteroatoms. The lowest BCUT2D eigenvalue weighted by atomic mass is 10.0. The van der Waals surface area contributed by atoms with Gasteiger partial charge in [0.25, 0.3) is 0 Å². The number of benzene rings is 1. The average molecular weight is 399 g/mol. The van der Waals surface area contributed by atoms with Crippen LogP contribution >= 0.6 is 0 Å². The molecule has 0 bridgehead atoms. The Bertz CT molecular complexity index is 1040. The van der Waals surface area contributed by atoms with Gasteiger partial charge in [-0.2, -0.15) is 0 Å². The van der Waals surface area contributed by atoms with Gasteiger partial charge in [-0.3, -0.25) is 9.59 Å². The molecule has 0 spiro atoms. The Kier molecular flexibility index (Phi) is 5.60. The van der Waals surface area contributed by atoms with Crippen molar-refractivity contribution in [1.82, 2.24) is 9.88 Å². The molecule has 0 unspecified atom stereocenters. The molecule has 0 saturated carbocycles. The van der Waals surface area contributed by atoms with Gasteiger partial charge >= 0.3 is 0 Å². The Morgan fingerprint density at radius 2 is 1.96 bits per heavy atom. The molecule has 1 aromatic carbocycles. The highest BCUT2D eigenvalue weighted by Crippen LogP contribution is 2.21. The number of aryl methyl sites for hydroxylation is 1. The summed E-state index contributed by atoms with van der Waals surface area (Å²) < 4.78 is 23.0. The van der Waals surface area contributed by atoms with Crippen molar-refractivity contribution in [2.45, 2.75) is 24.3 Å². The number of nitrogens with zero attached hydrogens (tertiary/aromatic N) is 2. The van der Waals surface area contributed by atoms with E-state index in [2.05, 4.69) is 10.3 Å². The number of pyridine rings is 1. The van der Waals surface area contributed by atoms with E-state index in [0.717, 1.165) is 22.9 Å². The van der Waals surface area contributed by atoms with Crippen molar-refractivity contribution in [1.29, 1.82) is 0 Å².